The van der Waals surface area contributed by atoms with Gasteiger partial charge in [-0.1, -0.05) is 24.3 Å². The van der Waals surface area contributed by atoms with E-state index in [9.17, 15) is 4.39 Å². The van der Waals surface area contributed by atoms with Crippen molar-refractivity contribution in [2.45, 2.75) is 13.0 Å². The summed E-state index contributed by atoms with van der Waals surface area (Å²) < 4.78 is 13.2. The van der Waals surface area contributed by atoms with Gasteiger partial charge in [0.15, 0.2) is 0 Å². The number of hydrogen-bond acceptors (Lipinski definition) is 6. The maximum absolute atomic E-state index is 13.2. The number of nitrogens with one attached hydrogen (secondary N) is 1. The number of benzene rings is 2. The van der Waals surface area contributed by atoms with Crippen molar-refractivity contribution in [1.82, 2.24) is 19.9 Å². The number of nitrogens with zero attached hydrogens (tertiary/aromatic N) is 5. The van der Waals surface area contributed by atoms with Crippen molar-refractivity contribution in [1.29, 1.82) is 0 Å². The van der Waals surface area contributed by atoms with E-state index in [1.807, 2.05) is 48.5 Å². The molecule has 0 unspecified atom stereocenters. The summed E-state index contributed by atoms with van der Waals surface area (Å²) in [4.78, 5) is 18.0. The lowest BCUT2D eigenvalue weighted by molar-refractivity contribution is 0.198. The standard InChI is InChI=1S/C25H25FN6/c1-18(19-4-7-21(26)8-5-19)31-11-13-32(14-12-31)25-16-24(28-17-29-25)30-22-9-6-20-3-2-10-27-23(20)15-22/h2-10,15-18H,11-14H2,1H3,(H,28,29,30)/t18-/m0/s1. The molecule has 0 saturated carbocycles. The summed E-state index contributed by atoms with van der Waals surface area (Å²) >= 11 is 0. The molecule has 7 heteroatoms. The second kappa shape index (κ2) is 8.88. The quantitative estimate of drug-likeness (QED) is 0.493. The number of pyridine rings is 1. The van der Waals surface area contributed by atoms with E-state index in [4.69, 9.17) is 0 Å². The third-order valence-corrected chi connectivity index (χ3v) is 6.07. The van der Waals surface area contributed by atoms with E-state index in [0.717, 1.165) is 60.0 Å². The molecule has 32 heavy (non-hydrogen) atoms. The zero-order chi connectivity index (χ0) is 21.9. The molecule has 0 aliphatic carbocycles. The van der Waals surface area contributed by atoms with Crippen molar-refractivity contribution in [3.8, 4) is 0 Å². The highest BCUT2D eigenvalue weighted by molar-refractivity contribution is 5.82. The van der Waals surface area contributed by atoms with Gasteiger partial charge in [0, 0.05) is 55.6 Å². The van der Waals surface area contributed by atoms with E-state index in [0.29, 0.717) is 0 Å². The van der Waals surface area contributed by atoms with Gasteiger partial charge in [0.25, 0.3) is 0 Å². The van der Waals surface area contributed by atoms with Crippen molar-refractivity contribution in [2.75, 3.05) is 36.4 Å². The van der Waals surface area contributed by atoms with Crippen LogP contribution in [0.5, 0.6) is 0 Å². The molecule has 0 bridgehead atoms. The summed E-state index contributed by atoms with van der Waals surface area (Å²) in [7, 11) is 0. The van der Waals surface area contributed by atoms with Crippen molar-refractivity contribution in [3.63, 3.8) is 0 Å². The molecular weight excluding hydrogens is 403 g/mol. The number of rotatable bonds is 5. The van der Waals surface area contributed by atoms with Crippen LogP contribution in [-0.4, -0.2) is 46.0 Å². The minimum absolute atomic E-state index is 0.195. The van der Waals surface area contributed by atoms with E-state index in [2.05, 4.69) is 37.0 Å². The highest BCUT2D eigenvalue weighted by Gasteiger charge is 2.23. The number of hydrogen-bond donors (Lipinski definition) is 1. The van der Waals surface area contributed by atoms with Crippen LogP contribution in [0, 0.1) is 5.82 Å². The van der Waals surface area contributed by atoms with Gasteiger partial charge in [-0.2, -0.15) is 0 Å². The highest BCUT2D eigenvalue weighted by Crippen LogP contribution is 2.25. The molecule has 4 aromatic rings. The Hall–Kier alpha value is -3.58. The number of anilines is 3. The van der Waals surface area contributed by atoms with Crippen LogP contribution in [-0.2, 0) is 0 Å². The fourth-order valence-electron chi connectivity index (χ4n) is 4.17. The Morgan fingerprint density at radius 1 is 0.906 bits per heavy atom. The van der Waals surface area contributed by atoms with E-state index in [1.165, 1.54) is 12.1 Å². The van der Waals surface area contributed by atoms with Crippen LogP contribution in [0.25, 0.3) is 10.9 Å². The van der Waals surface area contributed by atoms with Gasteiger partial charge in [-0.05, 0) is 42.8 Å². The third-order valence-electron chi connectivity index (χ3n) is 6.07. The fourth-order valence-corrected chi connectivity index (χ4v) is 4.17. The van der Waals surface area contributed by atoms with Gasteiger partial charge >= 0.3 is 0 Å². The van der Waals surface area contributed by atoms with E-state index < -0.39 is 0 Å². The molecular formula is C25H25FN6. The lowest BCUT2D eigenvalue weighted by atomic mass is 10.1. The molecule has 1 atom stereocenters. The monoisotopic (exact) mass is 428 g/mol. The Kier molecular flexibility index (Phi) is 5.64. The number of aromatic nitrogens is 3. The van der Waals surface area contributed by atoms with Crippen LogP contribution < -0.4 is 10.2 Å². The van der Waals surface area contributed by atoms with Crippen molar-refractivity contribution in [3.05, 3.63) is 84.6 Å². The van der Waals surface area contributed by atoms with Crippen LogP contribution in [0.3, 0.4) is 0 Å². The Morgan fingerprint density at radius 2 is 1.72 bits per heavy atom. The Balaban J connectivity index is 1.24. The van der Waals surface area contributed by atoms with E-state index >= 15 is 0 Å². The van der Waals surface area contributed by atoms with Crippen LogP contribution in [0.2, 0.25) is 0 Å². The molecule has 0 spiro atoms. The largest absolute Gasteiger partial charge is 0.354 e. The van der Waals surface area contributed by atoms with E-state index in [1.54, 1.807) is 12.5 Å². The first kappa shape index (κ1) is 20.3. The fraction of sp³-hybridized carbons (Fsp3) is 0.240. The maximum Gasteiger partial charge on any atom is 0.135 e. The van der Waals surface area contributed by atoms with Crippen LogP contribution >= 0.6 is 0 Å². The number of fused-ring (bicyclic) bond motifs is 1. The minimum atomic E-state index is -0.195. The molecule has 0 radical (unpaired) electrons. The first-order chi connectivity index (χ1) is 15.7. The average molecular weight is 429 g/mol. The second-order valence-corrected chi connectivity index (χ2v) is 8.05. The molecule has 3 heterocycles. The van der Waals surface area contributed by atoms with Gasteiger partial charge in [-0.3, -0.25) is 9.88 Å². The van der Waals surface area contributed by atoms with Crippen LogP contribution in [0.4, 0.5) is 21.7 Å². The van der Waals surface area contributed by atoms with Crippen molar-refractivity contribution < 1.29 is 4.39 Å². The summed E-state index contributed by atoms with van der Waals surface area (Å²) in [5.74, 6) is 1.47. The summed E-state index contributed by atoms with van der Waals surface area (Å²) in [6, 6.07) is 19.1. The molecule has 6 nitrogen and oxygen atoms in total. The maximum atomic E-state index is 13.2. The number of halogens is 1. The van der Waals surface area contributed by atoms with Gasteiger partial charge in [0.05, 0.1) is 5.52 Å². The summed E-state index contributed by atoms with van der Waals surface area (Å²) in [5.41, 5.74) is 3.02. The van der Waals surface area contributed by atoms with Crippen molar-refractivity contribution in [2.24, 2.45) is 0 Å². The van der Waals surface area contributed by atoms with Gasteiger partial charge < -0.3 is 10.2 Å². The molecule has 1 saturated heterocycles. The molecule has 0 amide bonds. The lowest BCUT2D eigenvalue weighted by Crippen LogP contribution is -2.47. The van der Waals surface area contributed by atoms with Crippen molar-refractivity contribution >= 4 is 28.2 Å². The van der Waals surface area contributed by atoms with Crippen LogP contribution in [0.15, 0.2) is 73.2 Å². The molecule has 1 fully saturated rings. The first-order valence-corrected chi connectivity index (χ1v) is 10.8. The zero-order valence-corrected chi connectivity index (χ0v) is 17.9. The lowest BCUT2D eigenvalue weighted by Gasteiger charge is -2.38. The molecule has 5 rings (SSSR count). The Bertz CT molecular complexity index is 1200. The molecule has 1 N–H and O–H groups in total. The van der Waals surface area contributed by atoms with Crippen LogP contribution in [0.1, 0.15) is 18.5 Å². The van der Waals surface area contributed by atoms with Gasteiger partial charge in [0.2, 0.25) is 0 Å². The molecule has 1 aliphatic heterocycles. The summed E-state index contributed by atoms with van der Waals surface area (Å²) in [6.45, 7) is 5.76. The predicted octanol–water partition coefficient (Wildman–Crippen LogP) is 4.79. The smallest absolute Gasteiger partial charge is 0.135 e. The molecule has 2 aromatic carbocycles. The van der Waals surface area contributed by atoms with Gasteiger partial charge in [-0.15, -0.1) is 0 Å². The van der Waals surface area contributed by atoms with Gasteiger partial charge in [0.1, 0.15) is 23.8 Å². The topological polar surface area (TPSA) is 57.2 Å². The molecule has 162 valence electrons. The van der Waals surface area contributed by atoms with Gasteiger partial charge in [-0.25, -0.2) is 14.4 Å². The normalized spacial score (nSPS) is 15.6. The SMILES string of the molecule is C[C@@H](c1ccc(F)cc1)N1CCN(c2cc(Nc3ccc4cccnc4c3)ncn2)CC1. The van der Waals surface area contributed by atoms with E-state index in [-0.39, 0.29) is 11.9 Å². The summed E-state index contributed by atoms with van der Waals surface area (Å²) in [6.07, 6.45) is 3.40. The molecule has 2 aromatic heterocycles. The average Bonchev–Trinajstić information content (AvgIpc) is 2.84. The summed E-state index contributed by atoms with van der Waals surface area (Å²) in [5, 5.41) is 4.48. The Morgan fingerprint density at radius 3 is 2.53 bits per heavy atom. The Labute approximate surface area is 186 Å². The second-order valence-electron chi connectivity index (χ2n) is 8.05. The molecule has 1 aliphatic rings. The first-order valence-electron chi connectivity index (χ1n) is 10.8. The zero-order valence-electron chi connectivity index (χ0n) is 17.9. The predicted molar refractivity (Wildman–Crippen MR) is 126 cm³/mol. The minimum Gasteiger partial charge on any atom is -0.354 e. The number of piperazine rings is 1. The highest BCUT2D eigenvalue weighted by atomic mass is 19.1. The third kappa shape index (κ3) is 4.38.